The molecule has 1 aliphatic rings. The second-order valence-electron chi connectivity index (χ2n) is 7.96. The number of halogens is 2. The van der Waals surface area contributed by atoms with E-state index in [9.17, 15) is 13.9 Å². The molecule has 2 heterocycles. The molecule has 9 heteroatoms. The van der Waals surface area contributed by atoms with E-state index >= 15 is 0 Å². The number of piperazine rings is 1. The molecular weight excluding hydrogens is 402 g/mol. The fourth-order valence-electron chi connectivity index (χ4n) is 3.83. The molecule has 7 nitrogen and oxygen atoms in total. The second-order valence-corrected chi connectivity index (χ2v) is 7.96. The molecule has 0 bridgehead atoms. The number of β-amino-alcohol motifs (C(OH)–C–C–N with tert-alkyl or cyclic N) is 1. The number of rotatable bonds is 6. The summed E-state index contributed by atoms with van der Waals surface area (Å²) in [5.41, 5.74) is 3.30. The maximum Gasteiger partial charge on any atom is 0.246 e. The van der Waals surface area contributed by atoms with Gasteiger partial charge in [-0.1, -0.05) is 0 Å². The molecule has 0 spiro atoms. The van der Waals surface area contributed by atoms with Crippen LogP contribution in [-0.2, 0) is 0 Å². The topological polar surface area (TPSA) is 69.5 Å². The minimum absolute atomic E-state index is 0.262. The number of aryl methyl sites for hydroxylation is 1. The molecule has 1 unspecified atom stereocenters. The van der Waals surface area contributed by atoms with Crippen molar-refractivity contribution in [3.05, 3.63) is 59.9 Å². The first kappa shape index (κ1) is 21.2. The Morgan fingerprint density at radius 1 is 1.00 bits per heavy atom. The average molecular weight is 428 g/mol. The first-order valence-corrected chi connectivity index (χ1v) is 10.3. The minimum Gasteiger partial charge on any atom is -0.392 e. The van der Waals surface area contributed by atoms with E-state index in [-0.39, 0.29) is 11.8 Å². The van der Waals surface area contributed by atoms with Crippen LogP contribution in [0.2, 0.25) is 0 Å². The lowest BCUT2D eigenvalue weighted by Crippen LogP contribution is -2.48. The smallest absolute Gasteiger partial charge is 0.246 e. The van der Waals surface area contributed by atoms with Crippen LogP contribution in [0.4, 0.5) is 26.1 Å². The van der Waals surface area contributed by atoms with Crippen LogP contribution in [0.5, 0.6) is 0 Å². The fourth-order valence-corrected chi connectivity index (χ4v) is 3.83. The fraction of sp³-hybridized carbons (Fsp3) is 0.364. The highest BCUT2D eigenvalue weighted by molar-refractivity contribution is 5.64. The zero-order chi connectivity index (χ0) is 22.0. The van der Waals surface area contributed by atoms with Gasteiger partial charge < -0.3 is 15.3 Å². The largest absolute Gasteiger partial charge is 0.392 e. The van der Waals surface area contributed by atoms with E-state index in [4.69, 9.17) is 0 Å². The van der Waals surface area contributed by atoms with Crippen molar-refractivity contribution in [2.24, 2.45) is 0 Å². The molecule has 164 valence electrons. The Bertz CT molecular complexity index is 1030. The summed E-state index contributed by atoms with van der Waals surface area (Å²) in [4.78, 5) is 8.79. The summed E-state index contributed by atoms with van der Waals surface area (Å²) in [7, 11) is 0. The second kappa shape index (κ2) is 8.99. The lowest BCUT2D eigenvalue weighted by atomic mass is 10.1. The molecule has 3 aromatic rings. The van der Waals surface area contributed by atoms with Crippen molar-refractivity contribution in [2.75, 3.05) is 42.9 Å². The van der Waals surface area contributed by atoms with Gasteiger partial charge in [-0.05, 0) is 49.7 Å². The molecule has 2 N–H and O–H groups in total. The molecular formula is C22H26F2N6O. The molecule has 2 aromatic carbocycles. The van der Waals surface area contributed by atoms with Gasteiger partial charge in [-0.2, -0.15) is 4.98 Å². The first-order chi connectivity index (χ1) is 14.9. The molecule has 1 aliphatic heterocycles. The van der Waals surface area contributed by atoms with Crippen LogP contribution in [0.3, 0.4) is 0 Å². The highest BCUT2D eigenvalue weighted by Crippen LogP contribution is 2.25. The number of hydrogen-bond acceptors (Lipinski definition) is 6. The van der Waals surface area contributed by atoms with Gasteiger partial charge in [-0.15, -0.1) is 5.10 Å². The van der Waals surface area contributed by atoms with E-state index in [0.29, 0.717) is 12.5 Å². The summed E-state index contributed by atoms with van der Waals surface area (Å²) in [6.07, 6.45) is 1.09. The van der Waals surface area contributed by atoms with Crippen molar-refractivity contribution in [3.63, 3.8) is 0 Å². The van der Waals surface area contributed by atoms with Crippen molar-refractivity contribution in [1.82, 2.24) is 19.7 Å². The van der Waals surface area contributed by atoms with Crippen LogP contribution < -0.4 is 10.2 Å². The zero-order valence-electron chi connectivity index (χ0n) is 17.6. The number of nitrogens with zero attached hydrogens (tertiary/aromatic N) is 5. The lowest BCUT2D eigenvalue weighted by Gasteiger charge is -2.36. The third-order valence-electron chi connectivity index (χ3n) is 5.18. The molecule has 0 amide bonds. The summed E-state index contributed by atoms with van der Waals surface area (Å²) in [5, 5.41) is 17.1. The normalized spacial score (nSPS) is 15.8. The van der Waals surface area contributed by atoms with Crippen molar-refractivity contribution in [3.8, 4) is 5.69 Å². The van der Waals surface area contributed by atoms with Gasteiger partial charge in [0.05, 0.1) is 11.8 Å². The maximum absolute atomic E-state index is 13.5. The van der Waals surface area contributed by atoms with E-state index in [1.807, 2.05) is 26.0 Å². The standard InChI is InChI=1S/C22H26F2N6O/c1-15-7-19(12-20(8-15)29-5-3-28(4-6-29)13-16(2)31)26-22-25-14-30(27-22)21-10-17(23)9-18(24)11-21/h7-12,14,16,31H,3-6,13H2,1-2H3,(H,26,27). The van der Waals surface area contributed by atoms with Crippen LogP contribution in [0.15, 0.2) is 42.7 Å². The third kappa shape index (κ3) is 5.36. The molecule has 1 atom stereocenters. The Labute approximate surface area is 179 Å². The van der Waals surface area contributed by atoms with Crippen molar-refractivity contribution in [2.45, 2.75) is 20.0 Å². The molecule has 1 aromatic heterocycles. The number of nitrogens with one attached hydrogen (secondary N) is 1. The summed E-state index contributed by atoms with van der Waals surface area (Å²) in [6, 6.07) is 9.39. The monoisotopic (exact) mass is 428 g/mol. The van der Waals surface area contributed by atoms with E-state index in [1.165, 1.54) is 23.1 Å². The van der Waals surface area contributed by atoms with Crippen molar-refractivity contribution < 1.29 is 13.9 Å². The van der Waals surface area contributed by atoms with Crippen LogP contribution in [0.25, 0.3) is 5.69 Å². The number of benzene rings is 2. The highest BCUT2D eigenvalue weighted by atomic mass is 19.1. The third-order valence-corrected chi connectivity index (χ3v) is 5.18. The lowest BCUT2D eigenvalue weighted by molar-refractivity contribution is 0.123. The summed E-state index contributed by atoms with van der Waals surface area (Å²) >= 11 is 0. The Kier molecular flexibility index (Phi) is 6.15. The number of aromatic nitrogens is 3. The van der Waals surface area contributed by atoms with E-state index in [2.05, 4.69) is 31.3 Å². The average Bonchev–Trinajstić information content (AvgIpc) is 3.15. The number of aliphatic hydroxyl groups excluding tert-OH is 1. The van der Waals surface area contributed by atoms with Crippen molar-refractivity contribution in [1.29, 1.82) is 0 Å². The Morgan fingerprint density at radius 3 is 2.39 bits per heavy atom. The molecule has 0 radical (unpaired) electrons. The van der Waals surface area contributed by atoms with Gasteiger partial charge in [-0.3, -0.25) is 4.90 Å². The van der Waals surface area contributed by atoms with E-state index in [0.717, 1.165) is 49.2 Å². The molecule has 1 saturated heterocycles. The van der Waals surface area contributed by atoms with Gasteiger partial charge in [-0.25, -0.2) is 13.5 Å². The molecule has 0 aliphatic carbocycles. The van der Waals surface area contributed by atoms with Gasteiger partial charge in [0.15, 0.2) is 0 Å². The summed E-state index contributed by atoms with van der Waals surface area (Å²) in [6.45, 7) is 8.10. The summed E-state index contributed by atoms with van der Waals surface area (Å²) < 4.78 is 28.3. The van der Waals surface area contributed by atoms with Gasteiger partial charge in [0.1, 0.15) is 18.0 Å². The molecule has 4 rings (SSSR count). The van der Waals surface area contributed by atoms with Crippen LogP contribution in [-0.4, -0.2) is 63.6 Å². The Hall–Kier alpha value is -3.04. The Balaban J connectivity index is 1.47. The highest BCUT2D eigenvalue weighted by Gasteiger charge is 2.19. The zero-order valence-corrected chi connectivity index (χ0v) is 17.6. The van der Waals surface area contributed by atoms with Crippen molar-refractivity contribution >= 4 is 17.3 Å². The van der Waals surface area contributed by atoms with Crippen LogP contribution in [0.1, 0.15) is 12.5 Å². The SMILES string of the molecule is Cc1cc(Nc2ncn(-c3cc(F)cc(F)c3)n2)cc(N2CCN(CC(C)O)CC2)c1. The number of hydrogen-bond donors (Lipinski definition) is 2. The first-order valence-electron chi connectivity index (χ1n) is 10.3. The maximum atomic E-state index is 13.5. The van der Waals surface area contributed by atoms with Gasteiger partial charge >= 0.3 is 0 Å². The predicted octanol–water partition coefficient (Wildman–Crippen LogP) is 3.10. The molecule has 0 saturated carbocycles. The summed E-state index contributed by atoms with van der Waals surface area (Å²) in [5.74, 6) is -1.00. The number of aliphatic hydroxyl groups is 1. The van der Waals surface area contributed by atoms with Crippen LogP contribution in [0, 0.1) is 18.6 Å². The van der Waals surface area contributed by atoms with Crippen LogP contribution >= 0.6 is 0 Å². The minimum atomic E-state index is -0.670. The number of anilines is 3. The van der Waals surface area contributed by atoms with Gasteiger partial charge in [0, 0.05) is 50.2 Å². The molecule has 1 fully saturated rings. The Morgan fingerprint density at radius 2 is 1.71 bits per heavy atom. The van der Waals surface area contributed by atoms with Gasteiger partial charge in [0.2, 0.25) is 5.95 Å². The quantitative estimate of drug-likeness (QED) is 0.629. The van der Waals surface area contributed by atoms with Gasteiger partial charge in [0.25, 0.3) is 0 Å². The van der Waals surface area contributed by atoms with E-state index in [1.54, 1.807) is 0 Å². The molecule has 31 heavy (non-hydrogen) atoms. The van der Waals surface area contributed by atoms with E-state index < -0.39 is 11.6 Å². The predicted molar refractivity (Wildman–Crippen MR) is 116 cm³/mol.